The van der Waals surface area contributed by atoms with Gasteiger partial charge in [0.25, 0.3) is 0 Å². The summed E-state index contributed by atoms with van der Waals surface area (Å²) in [5.41, 5.74) is 2.79. The zero-order valence-corrected chi connectivity index (χ0v) is 11.9. The summed E-state index contributed by atoms with van der Waals surface area (Å²) in [6.45, 7) is 8.76. The molecule has 1 aromatic carbocycles. The number of nitrogens with one attached hydrogen (secondary N) is 2. The maximum atomic E-state index is 3.57. The summed E-state index contributed by atoms with van der Waals surface area (Å²) in [5.74, 6) is 0.619. The second kappa shape index (κ2) is 6.35. The summed E-state index contributed by atoms with van der Waals surface area (Å²) in [5, 5.41) is 7.12. The summed E-state index contributed by atoms with van der Waals surface area (Å²) in [7, 11) is 0. The second-order valence-electron chi connectivity index (χ2n) is 5.86. The first kappa shape index (κ1) is 13.6. The Labute approximate surface area is 111 Å². The van der Waals surface area contributed by atoms with Gasteiger partial charge in [-0.2, -0.15) is 0 Å². The normalized spacial score (nSPS) is 17.1. The molecule has 0 heterocycles. The zero-order chi connectivity index (χ0) is 13.0. The van der Waals surface area contributed by atoms with Crippen LogP contribution in [-0.2, 0) is 6.54 Å². The van der Waals surface area contributed by atoms with E-state index < -0.39 is 0 Å². The Balaban J connectivity index is 1.71. The van der Waals surface area contributed by atoms with Crippen molar-refractivity contribution in [3.63, 3.8) is 0 Å². The predicted octanol–water partition coefficient (Wildman–Crippen LogP) is 3.04. The molecule has 100 valence electrons. The molecule has 2 N–H and O–H groups in total. The van der Waals surface area contributed by atoms with Crippen LogP contribution in [0.1, 0.15) is 50.7 Å². The highest BCUT2D eigenvalue weighted by Crippen LogP contribution is 2.18. The topological polar surface area (TPSA) is 24.1 Å². The second-order valence-corrected chi connectivity index (χ2v) is 5.86. The van der Waals surface area contributed by atoms with Crippen molar-refractivity contribution in [2.75, 3.05) is 6.54 Å². The fraction of sp³-hybridized carbons (Fsp3) is 0.625. The van der Waals surface area contributed by atoms with Crippen molar-refractivity contribution in [2.24, 2.45) is 0 Å². The molecule has 1 aliphatic rings. The first-order valence-electron chi connectivity index (χ1n) is 7.20. The van der Waals surface area contributed by atoms with Gasteiger partial charge in [-0.05, 0) is 36.8 Å². The van der Waals surface area contributed by atoms with Crippen molar-refractivity contribution in [2.45, 2.75) is 58.2 Å². The summed E-state index contributed by atoms with van der Waals surface area (Å²) in [4.78, 5) is 0. The molecule has 0 amide bonds. The predicted molar refractivity (Wildman–Crippen MR) is 77.9 cm³/mol. The standard InChI is InChI=1S/C16H26N2/c1-12(2)15-6-4-14(5-7-15)11-17-13(3)10-18-16-8-9-16/h4-7,12-13,16-18H,8-11H2,1-3H3. The van der Waals surface area contributed by atoms with Crippen LogP contribution in [0.5, 0.6) is 0 Å². The Hall–Kier alpha value is -0.860. The largest absolute Gasteiger partial charge is 0.312 e. The summed E-state index contributed by atoms with van der Waals surface area (Å²) in [6.07, 6.45) is 2.73. The van der Waals surface area contributed by atoms with E-state index in [9.17, 15) is 0 Å². The number of benzene rings is 1. The molecular formula is C16H26N2. The third-order valence-corrected chi connectivity index (χ3v) is 3.59. The first-order valence-corrected chi connectivity index (χ1v) is 7.20. The average Bonchev–Trinajstić information content (AvgIpc) is 3.18. The molecule has 1 aliphatic carbocycles. The first-order chi connectivity index (χ1) is 8.65. The van der Waals surface area contributed by atoms with Gasteiger partial charge >= 0.3 is 0 Å². The smallest absolute Gasteiger partial charge is 0.0208 e. The molecule has 1 saturated carbocycles. The maximum Gasteiger partial charge on any atom is 0.0208 e. The Morgan fingerprint density at radius 2 is 1.78 bits per heavy atom. The molecule has 1 atom stereocenters. The fourth-order valence-corrected chi connectivity index (χ4v) is 2.02. The number of hydrogen-bond acceptors (Lipinski definition) is 2. The highest BCUT2D eigenvalue weighted by Gasteiger charge is 2.20. The van der Waals surface area contributed by atoms with Crippen LogP contribution in [0, 0.1) is 0 Å². The molecular weight excluding hydrogens is 220 g/mol. The maximum absolute atomic E-state index is 3.57. The molecule has 0 aromatic heterocycles. The lowest BCUT2D eigenvalue weighted by atomic mass is 10.0. The summed E-state index contributed by atoms with van der Waals surface area (Å²) >= 11 is 0. The van der Waals surface area contributed by atoms with Gasteiger partial charge in [0.15, 0.2) is 0 Å². The third kappa shape index (κ3) is 4.43. The molecule has 2 rings (SSSR count). The Kier molecular flexibility index (Phi) is 4.79. The van der Waals surface area contributed by atoms with Gasteiger partial charge in [-0.15, -0.1) is 0 Å². The SMILES string of the molecule is CC(CNC1CC1)NCc1ccc(C(C)C)cc1. The van der Waals surface area contributed by atoms with Crippen LogP contribution in [0.2, 0.25) is 0 Å². The zero-order valence-electron chi connectivity index (χ0n) is 11.9. The van der Waals surface area contributed by atoms with Crippen LogP contribution >= 0.6 is 0 Å². The molecule has 0 saturated heterocycles. The van der Waals surface area contributed by atoms with Gasteiger partial charge in [-0.25, -0.2) is 0 Å². The van der Waals surface area contributed by atoms with E-state index in [-0.39, 0.29) is 0 Å². The van der Waals surface area contributed by atoms with Crippen LogP contribution in [0.25, 0.3) is 0 Å². The van der Waals surface area contributed by atoms with E-state index in [0.29, 0.717) is 12.0 Å². The van der Waals surface area contributed by atoms with Crippen molar-refractivity contribution < 1.29 is 0 Å². The molecule has 1 unspecified atom stereocenters. The lowest BCUT2D eigenvalue weighted by molar-refractivity contribution is 0.500. The van der Waals surface area contributed by atoms with Gasteiger partial charge in [0.1, 0.15) is 0 Å². The van der Waals surface area contributed by atoms with Crippen molar-refractivity contribution in [1.29, 1.82) is 0 Å². The van der Waals surface area contributed by atoms with E-state index in [2.05, 4.69) is 55.7 Å². The third-order valence-electron chi connectivity index (χ3n) is 3.59. The molecule has 0 aliphatic heterocycles. The van der Waals surface area contributed by atoms with Crippen LogP contribution in [0.4, 0.5) is 0 Å². The highest BCUT2D eigenvalue weighted by atomic mass is 15.0. The molecule has 18 heavy (non-hydrogen) atoms. The van der Waals surface area contributed by atoms with Gasteiger partial charge in [0, 0.05) is 25.2 Å². The lowest BCUT2D eigenvalue weighted by Crippen LogP contribution is -2.36. The Morgan fingerprint density at radius 3 is 2.33 bits per heavy atom. The molecule has 0 radical (unpaired) electrons. The Bertz CT molecular complexity index is 352. The summed E-state index contributed by atoms with van der Waals surface area (Å²) < 4.78 is 0. The van der Waals surface area contributed by atoms with Gasteiger partial charge in [0.05, 0.1) is 0 Å². The van der Waals surface area contributed by atoms with Gasteiger partial charge < -0.3 is 10.6 Å². The quantitative estimate of drug-likeness (QED) is 0.772. The molecule has 0 spiro atoms. The van der Waals surface area contributed by atoms with Crippen molar-refractivity contribution in [3.05, 3.63) is 35.4 Å². The van der Waals surface area contributed by atoms with Gasteiger partial charge in [-0.3, -0.25) is 0 Å². The molecule has 1 fully saturated rings. The molecule has 1 aromatic rings. The van der Waals surface area contributed by atoms with E-state index in [1.54, 1.807) is 0 Å². The number of rotatable bonds is 7. The molecule has 2 heteroatoms. The van der Waals surface area contributed by atoms with Crippen LogP contribution in [-0.4, -0.2) is 18.6 Å². The van der Waals surface area contributed by atoms with Gasteiger partial charge in [0.2, 0.25) is 0 Å². The average molecular weight is 246 g/mol. The van der Waals surface area contributed by atoms with E-state index in [1.165, 1.54) is 24.0 Å². The lowest BCUT2D eigenvalue weighted by Gasteiger charge is -2.15. The van der Waals surface area contributed by atoms with Crippen LogP contribution in [0.15, 0.2) is 24.3 Å². The van der Waals surface area contributed by atoms with Crippen molar-refractivity contribution in [3.8, 4) is 0 Å². The number of hydrogen-bond donors (Lipinski definition) is 2. The highest BCUT2D eigenvalue weighted by molar-refractivity contribution is 5.24. The monoisotopic (exact) mass is 246 g/mol. The Morgan fingerprint density at radius 1 is 1.11 bits per heavy atom. The minimum Gasteiger partial charge on any atom is -0.312 e. The minimum absolute atomic E-state index is 0.537. The fourth-order valence-electron chi connectivity index (χ4n) is 2.02. The minimum atomic E-state index is 0.537. The molecule has 2 nitrogen and oxygen atoms in total. The van der Waals surface area contributed by atoms with E-state index in [1.807, 2.05) is 0 Å². The van der Waals surface area contributed by atoms with Crippen molar-refractivity contribution >= 4 is 0 Å². The molecule has 0 bridgehead atoms. The van der Waals surface area contributed by atoms with Gasteiger partial charge in [-0.1, -0.05) is 38.1 Å². The van der Waals surface area contributed by atoms with Crippen LogP contribution < -0.4 is 10.6 Å². The summed E-state index contributed by atoms with van der Waals surface area (Å²) in [6, 6.07) is 10.3. The van der Waals surface area contributed by atoms with E-state index >= 15 is 0 Å². The van der Waals surface area contributed by atoms with Crippen molar-refractivity contribution in [1.82, 2.24) is 10.6 Å². The van der Waals surface area contributed by atoms with Crippen LogP contribution in [0.3, 0.4) is 0 Å². The van der Waals surface area contributed by atoms with E-state index in [4.69, 9.17) is 0 Å². The van der Waals surface area contributed by atoms with E-state index in [0.717, 1.165) is 19.1 Å².